The van der Waals surface area contributed by atoms with Crippen molar-refractivity contribution in [2.75, 3.05) is 18.1 Å². The highest BCUT2D eigenvalue weighted by atomic mass is 19.4. The Morgan fingerprint density at radius 2 is 2.41 bits per heavy atom. The second-order valence-electron chi connectivity index (χ2n) is 5.33. The van der Waals surface area contributed by atoms with Crippen molar-refractivity contribution in [3.8, 4) is 0 Å². The maximum atomic E-state index is 12.4. The number of hydrogen-bond acceptors (Lipinski definition) is 3. The van der Waals surface area contributed by atoms with Gasteiger partial charge in [0.15, 0.2) is 0 Å². The van der Waals surface area contributed by atoms with Gasteiger partial charge < -0.3 is 4.74 Å². The van der Waals surface area contributed by atoms with Crippen LogP contribution in [0.1, 0.15) is 13.3 Å². The van der Waals surface area contributed by atoms with E-state index in [0.717, 1.165) is 10.8 Å². The Balaban J connectivity index is 2.33. The van der Waals surface area contributed by atoms with Gasteiger partial charge in [-0.25, -0.2) is 0 Å². The molecule has 0 N–H and O–H groups in total. The van der Waals surface area contributed by atoms with E-state index in [4.69, 9.17) is 4.74 Å². The lowest BCUT2D eigenvalue weighted by molar-refractivity contribution is -0.142. The zero-order valence-corrected chi connectivity index (χ0v) is 12.1. The molecule has 1 aromatic heterocycles. The third-order valence-electron chi connectivity index (χ3n) is 3.40. The van der Waals surface area contributed by atoms with Crippen molar-refractivity contribution in [1.29, 1.82) is 0 Å². The molecule has 1 amide bonds. The highest BCUT2D eigenvalue weighted by Gasteiger charge is 2.40. The fourth-order valence-electron chi connectivity index (χ4n) is 2.43. The summed E-state index contributed by atoms with van der Waals surface area (Å²) in [5.74, 6) is -0.422. The van der Waals surface area contributed by atoms with Crippen LogP contribution in [-0.2, 0) is 16.1 Å². The lowest BCUT2D eigenvalue weighted by Crippen LogP contribution is -2.50. The van der Waals surface area contributed by atoms with Crippen molar-refractivity contribution in [2.45, 2.75) is 31.6 Å². The molecule has 0 saturated carbocycles. The standard InChI is InChI=1S/C14H16F3N3O2/c1-3-4-12(21)20(13(2)5-6-22-10-13)11-7-18-19(8-11)9-14(15,16)17/h4,7-8H,1,5-6,9-10H2,2H3. The van der Waals surface area contributed by atoms with Gasteiger partial charge in [0.2, 0.25) is 0 Å². The van der Waals surface area contributed by atoms with Crippen molar-refractivity contribution in [3.63, 3.8) is 0 Å². The third kappa shape index (κ3) is 3.58. The van der Waals surface area contributed by atoms with Crippen LogP contribution in [0.4, 0.5) is 18.9 Å². The molecule has 2 rings (SSSR count). The zero-order chi connectivity index (χ0) is 16.4. The van der Waals surface area contributed by atoms with E-state index in [1.807, 2.05) is 6.92 Å². The van der Waals surface area contributed by atoms with Crippen LogP contribution in [0.3, 0.4) is 0 Å². The van der Waals surface area contributed by atoms with Crippen LogP contribution in [0.15, 0.2) is 30.8 Å². The van der Waals surface area contributed by atoms with Gasteiger partial charge in [-0.2, -0.15) is 18.3 Å². The smallest absolute Gasteiger partial charge is 0.379 e. The molecule has 0 radical (unpaired) electrons. The molecule has 22 heavy (non-hydrogen) atoms. The molecule has 1 fully saturated rings. The van der Waals surface area contributed by atoms with E-state index in [2.05, 4.69) is 17.4 Å². The summed E-state index contributed by atoms with van der Waals surface area (Å²) in [7, 11) is 0. The number of halogens is 3. The number of carbonyl (C=O) groups excluding carboxylic acids is 1. The highest BCUT2D eigenvalue weighted by Crippen LogP contribution is 2.31. The molecular formula is C14H16F3N3O2. The molecule has 5 nitrogen and oxygen atoms in total. The average Bonchev–Trinajstić information content (AvgIpc) is 2.98. The molecule has 1 aliphatic rings. The van der Waals surface area contributed by atoms with Crippen LogP contribution >= 0.6 is 0 Å². The molecule has 120 valence electrons. The zero-order valence-electron chi connectivity index (χ0n) is 12.1. The van der Waals surface area contributed by atoms with Gasteiger partial charge in [-0.1, -0.05) is 6.58 Å². The number of aromatic nitrogens is 2. The van der Waals surface area contributed by atoms with Gasteiger partial charge in [-0.15, -0.1) is 5.73 Å². The summed E-state index contributed by atoms with van der Waals surface area (Å²) in [6, 6.07) is 0. The predicted molar refractivity (Wildman–Crippen MR) is 73.3 cm³/mol. The minimum absolute atomic E-state index is 0.286. The first-order valence-electron chi connectivity index (χ1n) is 6.62. The predicted octanol–water partition coefficient (Wildman–Crippen LogP) is 2.30. The SMILES string of the molecule is C=C=CC(=O)N(c1cnn(CC(F)(F)F)c1)C1(C)CCOC1. The van der Waals surface area contributed by atoms with Crippen LogP contribution in [-0.4, -0.2) is 40.6 Å². The van der Waals surface area contributed by atoms with E-state index in [-0.39, 0.29) is 5.69 Å². The molecule has 1 atom stereocenters. The maximum Gasteiger partial charge on any atom is 0.408 e. The van der Waals surface area contributed by atoms with Gasteiger partial charge in [-0.05, 0) is 13.3 Å². The van der Waals surface area contributed by atoms with Crippen LogP contribution < -0.4 is 4.90 Å². The Bertz CT molecular complexity index is 597. The number of rotatable bonds is 4. The van der Waals surface area contributed by atoms with Crippen molar-refractivity contribution >= 4 is 11.6 Å². The summed E-state index contributed by atoms with van der Waals surface area (Å²) < 4.78 is 43.3. The van der Waals surface area contributed by atoms with E-state index in [1.165, 1.54) is 17.3 Å². The largest absolute Gasteiger partial charge is 0.408 e. The van der Waals surface area contributed by atoms with Crippen molar-refractivity contribution < 1.29 is 22.7 Å². The van der Waals surface area contributed by atoms with Gasteiger partial charge in [0.1, 0.15) is 6.54 Å². The second-order valence-corrected chi connectivity index (χ2v) is 5.33. The Morgan fingerprint density at radius 1 is 1.68 bits per heavy atom. The van der Waals surface area contributed by atoms with E-state index >= 15 is 0 Å². The first-order valence-corrected chi connectivity index (χ1v) is 6.62. The van der Waals surface area contributed by atoms with E-state index in [1.54, 1.807) is 0 Å². The summed E-state index contributed by atoms with van der Waals surface area (Å²) >= 11 is 0. The molecule has 0 aromatic carbocycles. The van der Waals surface area contributed by atoms with Crippen molar-refractivity contribution in [2.24, 2.45) is 0 Å². The number of anilines is 1. The molecule has 2 heterocycles. The van der Waals surface area contributed by atoms with Crippen LogP contribution in [0.25, 0.3) is 0 Å². The fraction of sp³-hybridized carbons (Fsp3) is 0.500. The number of alkyl halides is 3. The first-order chi connectivity index (χ1) is 10.2. The summed E-state index contributed by atoms with van der Waals surface area (Å²) in [6.45, 7) is 4.74. The number of hydrogen-bond donors (Lipinski definition) is 0. The molecule has 1 aliphatic heterocycles. The van der Waals surface area contributed by atoms with Crippen molar-refractivity contribution in [3.05, 3.63) is 30.8 Å². The molecule has 0 spiro atoms. The van der Waals surface area contributed by atoms with E-state index < -0.39 is 24.2 Å². The monoisotopic (exact) mass is 315 g/mol. The first kappa shape index (κ1) is 16.3. The maximum absolute atomic E-state index is 12.4. The van der Waals surface area contributed by atoms with E-state index in [0.29, 0.717) is 19.6 Å². The molecule has 1 aromatic rings. The Labute approximate surface area is 125 Å². The number of nitrogens with zero attached hydrogens (tertiary/aromatic N) is 3. The number of carbonyl (C=O) groups is 1. The van der Waals surface area contributed by atoms with Gasteiger partial charge >= 0.3 is 6.18 Å². The number of ether oxygens (including phenoxy) is 1. The normalized spacial score (nSPS) is 21.5. The van der Waals surface area contributed by atoms with Crippen molar-refractivity contribution in [1.82, 2.24) is 9.78 Å². The third-order valence-corrected chi connectivity index (χ3v) is 3.40. The molecular weight excluding hydrogens is 299 g/mol. The fourth-order valence-corrected chi connectivity index (χ4v) is 2.43. The molecule has 0 aliphatic carbocycles. The molecule has 1 saturated heterocycles. The summed E-state index contributed by atoms with van der Waals surface area (Å²) in [6.07, 6.45) is -0.214. The van der Waals surface area contributed by atoms with Gasteiger partial charge in [0.25, 0.3) is 5.91 Å². The van der Waals surface area contributed by atoms with Gasteiger partial charge in [0, 0.05) is 18.9 Å². The van der Waals surface area contributed by atoms with E-state index in [9.17, 15) is 18.0 Å². The van der Waals surface area contributed by atoms with Gasteiger partial charge in [-0.3, -0.25) is 14.4 Å². The minimum Gasteiger partial charge on any atom is -0.379 e. The van der Waals surface area contributed by atoms with Crippen LogP contribution in [0.5, 0.6) is 0 Å². The Kier molecular flexibility index (Phi) is 4.44. The second kappa shape index (κ2) is 5.98. The molecule has 8 heteroatoms. The molecule has 0 bridgehead atoms. The topological polar surface area (TPSA) is 47.4 Å². The summed E-state index contributed by atoms with van der Waals surface area (Å²) in [4.78, 5) is 13.7. The quantitative estimate of drug-likeness (QED) is 0.633. The minimum atomic E-state index is -4.38. The lowest BCUT2D eigenvalue weighted by Gasteiger charge is -2.35. The lowest BCUT2D eigenvalue weighted by atomic mass is 9.98. The van der Waals surface area contributed by atoms with Crippen LogP contribution in [0, 0.1) is 0 Å². The summed E-state index contributed by atoms with van der Waals surface area (Å²) in [5, 5.41) is 3.68. The Morgan fingerprint density at radius 3 is 2.95 bits per heavy atom. The average molecular weight is 315 g/mol. The Hall–Kier alpha value is -2.05. The summed E-state index contributed by atoms with van der Waals surface area (Å²) in [5.41, 5.74) is 2.03. The van der Waals surface area contributed by atoms with Crippen LogP contribution in [0.2, 0.25) is 0 Å². The molecule has 1 unspecified atom stereocenters. The van der Waals surface area contributed by atoms with Gasteiger partial charge in [0.05, 0.1) is 24.0 Å². The highest BCUT2D eigenvalue weighted by molar-refractivity contribution is 6.02. The number of amides is 1.